The van der Waals surface area contributed by atoms with Crippen LogP contribution in [0.2, 0.25) is 0 Å². The van der Waals surface area contributed by atoms with Crippen molar-refractivity contribution in [3.05, 3.63) is 0 Å². The Morgan fingerprint density at radius 2 is 2.17 bits per heavy atom. The molecule has 1 aliphatic heterocycles. The Bertz CT molecular complexity index is 106. The summed E-state index contributed by atoms with van der Waals surface area (Å²) < 4.78 is 0. The van der Waals surface area contributed by atoms with Crippen molar-refractivity contribution < 1.29 is 0 Å². The first-order valence-corrected chi connectivity index (χ1v) is 5.36. The van der Waals surface area contributed by atoms with Crippen LogP contribution in [-0.2, 0) is 0 Å². The maximum Gasteiger partial charge on any atom is 0.0596 e. The molecule has 1 fully saturated rings. The molecule has 1 rings (SSSR count). The molecule has 1 unspecified atom stereocenters. The van der Waals surface area contributed by atoms with E-state index in [1.54, 1.807) is 0 Å². The highest BCUT2D eigenvalue weighted by molar-refractivity contribution is 4.72. The van der Waals surface area contributed by atoms with Crippen LogP contribution in [0.5, 0.6) is 0 Å². The number of nitrogens with one attached hydrogen (secondary N) is 1. The second-order valence-electron chi connectivity index (χ2n) is 3.59. The third kappa shape index (κ3) is 2.76. The molecule has 72 valence electrons. The Balaban J connectivity index is 2.29. The van der Waals surface area contributed by atoms with Crippen LogP contribution in [0.25, 0.3) is 0 Å². The van der Waals surface area contributed by atoms with Gasteiger partial charge in [-0.15, -0.1) is 0 Å². The van der Waals surface area contributed by atoms with E-state index in [2.05, 4.69) is 24.1 Å². The van der Waals surface area contributed by atoms with Crippen LogP contribution in [0.4, 0.5) is 0 Å². The van der Waals surface area contributed by atoms with Crippen LogP contribution in [0.3, 0.4) is 0 Å². The molecule has 2 heteroatoms. The Morgan fingerprint density at radius 1 is 1.33 bits per heavy atom. The van der Waals surface area contributed by atoms with Crippen LogP contribution >= 0.6 is 0 Å². The van der Waals surface area contributed by atoms with Gasteiger partial charge in [0.15, 0.2) is 0 Å². The van der Waals surface area contributed by atoms with Gasteiger partial charge < -0.3 is 5.32 Å². The fourth-order valence-corrected chi connectivity index (χ4v) is 1.97. The average molecular weight is 170 g/mol. The van der Waals surface area contributed by atoms with Crippen LogP contribution in [0.1, 0.15) is 39.5 Å². The summed E-state index contributed by atoms with van der Waals surface area (Å²) in [4.78, 5) is 2.55. The molecular weight excluding hydrogens is 148 g/mol. The van der Waals surface area contributed by atoms with Crippen LogP contribution in [-0.4, -0.2) is 30.7 Å². The van der Waals surface area contributed by atoms with Crippen LogP contribution in [0, 0.1) is 0 Å². The molecule has 1 atom stereocenters. The zero-order valence-electron chi connectivity index (χ0n) is 8.47. The summed E-state index contributed by atoms with van der Waals surface area (Å²) in [5.41, 5.74) is 0. The summed E-state index contributed by atoms with van der Waals surface area (Å²) in [6, 6.07) is 0. The van der Waals surface area contributed by atoms with E-state index >= 15 is 0 Å². The Hall–Kier alpha value is -0.0800. The summed E-state index contributed by atoms with van der Waals surface area (Å²) in [6.45, 7) is 8.15. The van der Waals surface area contributed by atoms with E-state index in [0.29, 0.717) is 6.17 Å². The topological polar surface area (TPSA) is 15.3 Å². The zero-order chi connectivity index (χ0) is 8.81. The van der Waals surface area contributed by atoms with Gasteiger partial charge in [0.1, 0.15) is 0 Å². The highest BCUT2D eigenvalue weighted by atomic mass is 15.3. The van der Waals surface area contributed by atoms with E-state index in [-0.39, 0.29) is 0 Å². The van der Waals surface area contributed by atoms with Gasteiger partial charge in [0.2, 0.25) is 0 Å². The lowest BCUT2D eigenvalue weighted by molar-refractivity contribution is 0.145. The van der Waals surface area contributed by atoms with Gasteiger partial charge in [-0.25, -0.2) is 0 Å². The molecule has 2 nitrogen and oxygen atoms in total. The quantitative estimate of drug-likeness (QED) is 0.692. The van der Waals surface area contributed by atoms with Crippen molar-refractivity contribution in [3.8, 4) is 0 Å². The SMILES string of the molecule is CCCN(CC)C1CCCCN1. The molecular formula is C10H22N2. The van der Waals surface area contributed by atoms with Crippen molar-refractivity contribution in [1.82, 2.24) is 10.2 Å². The summed E-state index contributed by atoms with van der Waals surface area (Å²) >= 11 is 0. The fourth-order valence-electron chi connectivity index (χ4n) is 1.97. The molecule has 0 bridgehead atoms. The van der Waals surface area contributed by atoms with E-state index in [1.165, 1.54) is 45.3 Å². The van der Waals surface area contributed by atoms with Crippen molar-refractivity contribution in [2.75, 3.05) is 19.6 Å². The summed E-state index contributed by atoms with van der Waals surface area (Å²) in [5.74, 6) is 0. The number of piperidine rings is 1. The van der Waals surface area contributed by atoms with E-state index in [1.807, 2.05) is 0 Å². The molecule has 0 aliphatic carbocycles. The van der Waals surface area contributed by atoms with Crippen molar-refractivity contribution in [1.29, 1.82) is 0 Å². The zero-order valence-corrected chi connectivity index (χ0v) is 8.47. The first-order chi connectivity index (χ1) is 5.88. The van der Waals surface area contributed by atoms with Crippen molar-refractivity contribution >= 4 is 0 Å². The van der Waals surface area contributed by atoms with Gasteiger partial charge in [-0.1, -0.05) is 13.8 Å². The maximum absolute atomic E-state index is 3.58. The number of rotatable bonds is 4. The van der Waals surface area contributed by atoms with E-state index in [4.69, 9.17) is 0 Å². The number of hydrogen-bond acceptors (Lipinski definition) is 2. The molecule has 0 aromatic carbocycles. The first kappa shape index (κ1) is 10.0. The Labute approximate surface area is 76.3 Å². The van der Waals surface area contributed by atoms with E-state index < -0.39 is 0 Å². The minimum atomic E-state index is 0.670. The van der Waals surface area contributed by atoms with Gasteiger partial charge >= 0.3 is 0 Å². The van der Waals surface area contributed by atoms with Gasteiger partial charge in [-0.3, -0.25) is 4.90 Å². The van der Waals surface area contributed by atoms with Crippen molar-refractivity contribution in [2.24, 2.45) is 0 Å². The Kier molecular flexibility index (Phi) is 4.62. The minimum Gasteiger partial charge on any atom is -0.302 e. The summed E-state index contributed by atoms with van der Waals surface area (Å²) in [6.07, 6.45) is 6.04. The standard InChI is InChI=1S/C10H22N2/c1-3-9-12(4-2)10-7-5-6-8-11-10/h10-11H,3-9H2,1-2H3. The predicted octanol–water partition coefficient (Wildman–Crippen LogP) is 1.82. The molecule has 1 N–H and O–H groups in total. The van der Waals surface area contributed by atoms with Gasteiger partial charge in [-0.2, -0.15) is 0 Å². The molecule has 0 aromatic rings. The number of nitrogens with zero attached hydrogens (tertiary/aromatic N) is 1. The highest BCUT2D eigenvalue weighted by Gasteiger charge is 2.17. The monoisotopic (exact) mass is 170 g/mol. The van der Waals surface area contributed by atoms with Crippen molar-refractivity contribution in [3.63, 3.8) is 0 Å². The second kappa shape index (κ2) is 5.55. The van der Waals surface area contributed by atoms with Gasteiger partial charge in [-0.05, 0) is 45.3 Å². The first-order valence-electron chi connectivity index (χ1n) is 5.36. The minimum absolute atomic E-state index is 0.670. The molecule has 0 radical (unpaired) electrons. The van der Waals surface area contributed by atoms with Gasteiger partial charge in [0.05, 0.1) is 6.17 Å². The molecule has 0 spiro atoms. The third-order valence-corrected chi connectivity index (χ3v) is 2.64. The molecule has 0 amide bonds. The average Bonchev–Trinajstić information content (AvgIpc) is 2.15. The maximum atomic E-state index is 3.58. The molecule has 1 heterocycles. The predicted molar refractivity (Wildman–Crippen MR) is 53.2 cm³/mol. The molecule has 1 saturated heterocycles. The lowest BCUT2D eigenvalue weighted by atomic mass is 10.1. The lowest BCUT2D eigenvalue weighted by Crippen LogP contribution is -2.48. The van der Waals surface area contributed by atoms with Crippen molar-refractivity contribution in [2.45, 2.75) is 45.7 Å². The molecule has 12 heavy (non-hydrogen) atoms. The lowest BCUT2D eigenvalue weighted by Gasteiger charge is -2.34. The molecule has 1 aliphatic rings. The van der Waals surface area contributed by atoms with E-state index in [9.17, 15) is 0 Å². The van der Waals surface area contributed by atoms with E-state index in [0.717, 1.165) is 0 Å². The summed E-state index contributed by atoms with van der Waals surface area (Å²) in [7, 11) is 0. The van der Waals surface area contributed by atoms with Crippen LogP contribution < -0.4 is 5.32 Å². The third-order valence-electron chi connectivity index (χ3n) is 2.64. The normalized spacial score (nSPS) is 24.8. The van der Waals surface area contributed by atoms with Gasteiger partial charge in [0, 0.05) is 0 Å². The summed E-state index contributed by atoms with van der Waals surface area (Å²) in [5, 5.41) is 3.58. The molecule has 0 aromatic heterocycles. The largest absolute Gasteiger partial charge is 0.302 e. The van der Waals surface area contributed by atoms with Gasteiger partial charge in [0.25, 0.3) is 0 Å². The number of hydrogen-bond donors (Lipinski definition) is 1. The Morgan fingerprint density at radius 3 is 2.67 bits per heavy atom. The smallest absolute Gasteiger partial charge is 0.0596 e. The fraction of sp³-hybridized carbons (Fsp3) is 1.00. The highest BCUT2D eigenvalue weighted by Crippen LogP contribution is 2.11. The second-order valence-corrected chi connectivity index (χ2v) is 3.59. The van der Waals surface area contributed by atoms with Crippen LogP contribution in [0.15, 0.2) is 0 Å². The molecule has 0 saturated carbocycles.